The van der Waals surface area contributed by atoms with Gasteiger partial charge in [-0.15, -0.1) is 0 Å². The summed E-state index contributed by atoms with van der Waals surface area (Å²) in [6, 6.07) is -0.163. The number of amidine groups is 1. The molecule has 2 rings (SSSR count). The van der Waals surface area contributed by atoms with E-state index in [0.717, 1.165) is 38.1 Å². The summed E-state index contributed by atoms with van der Waals surface area (Å²) in [6.07, 6.45) is 5.28. The van der Waals surface area contributed by atoms with Crippen molar-refractivity contribution < 1.29 is 9.53 Å². The zero-order valence-electron chi connectivity index (χ0n) is 9.16. The lowest BCUT2D eigenvalue weighted by molar-refractivity contribution is -0.120. The molecule has 2 unspecified atom stereocenters. The molecule has 0 aliphatic carbocycles. The largest absolute Gasteiger partial charge is 0.378 e. The van der Waals surface area contributed by atoms with Crippen molar-refractivity contribution in [2.45, 2.75) is 51.2 Å². The molecule has 4 nitrogen and oxygen atoms in total. The van der Waals surface area contributed by atoms with Crippen LogP contribution in [0, 0.1) is 0 Å². The lowest BCUT2D eigenvalue weighted by Crippen LogP contribution is -2.32. The molecule has 0 bridgehead atoms. The molecule has 1 fully saturated rings. The van der Waals surface area contributed by atoms with E-state index < -0.39 is 0 Å². The molecule has 4 heteroatoms. The van der Waals surface area contributed by atoms with Crippen molar-refractivity contribution in [1.82, 2.24) is 5.32 Å². The zero-order valence-corrected chi connectivity index (χ0v) is 9.16. The van der Waals surface area contributed by atoms with E-state index in [4.69, 9.17) is 4.74 Å². The summed E-state index contributed by atoms with van der Waals surface area (Å²) in [7, 11) is 0. The third-order valence-corrected chi connectivity index (χ3v) is 2.96. The van der Waals surface area contributed by atoms with Gasteiger partial charge in [-0.3, -0.25) is 9.79 Å². The van der Waals surface area contributed by atoms with Crippen LogP contribution in [0.25, 0.3) is 0 Å². The summed E-state index contributed by atoms with van der Waals surface area (Å²) in [5.74, 6) is 0.863. The van der Waals surface area contributed by atoms with Crippen LogP contribution in [-0.2, 0) is 9.53 Å². The van der Waals surface area contributed by atoms with Crippen LogP contribution in [0.4, 0.5) is 0 Å². The second-order valence-electron chi connectivity index (χ2n) is 4.18. The van der Waals surface area contributed by atoms with Gasteiger partial charge in [0.05, 0.1) is 6.10 Å². The molecule has 0 spiro atoms. The molecule has 0 aromatic carbocycles. The van der Waals surface area contributed by atoms with Gasteiger partial charge in [0.2, 0.25) is 5.91 Å². The molecule has 2 aliphatic rings. The maximum absolute atomic E-state index is 11.4. The fraction of sp³-hybridized carbons (Fsp3) is 0.818. The second kappa shape index (κ2) is 4.75. The Balaban J connectivity index is 1.86. The average molecular weight is 210 g/mol. The van der Waals surface area contributed by atoms with E-state index in [1.807, 2.05) is 6.92 Å². The molecule has 15 heavy (non-hydrogen) atoms. The number of rotatable bonds is 3. The summed E-state index contributed by atoms with van der Waals surface area (Å²) < 4.78 is 5.61. The van der Waals surface area contributed by atoms with Crippen LogP contribution in [0.15, 0.2) is 4.99 Å². The molecule has 0 radical (unpaired) electrons. The first-order valence-corrected chi connectivity index (χ1v) is 5.78. The van der Waals surface area contributed by atoms with Crippen LogP contribution < -0.4 is 5.32 Å². The molecular weight excluding hydrogens is 192 g/mol. The van der Waals surface area contributed by atoms with Crippen molar-refractivity contribution >= 4 is 11.7 Å². The highest BCUT2D eigenvalue weighted by atomic mass is 16.5. The number of aliphatic imine (C=N–C) groups is 1. The zero-order chi connectivity index (χ0) is 10.7. The predicted octanol–water partition coefficient (Wildman–Crippen LogP) is 1.25. The number of hydrogen-bond acceptors (Lipinski definition) is 3. The highest BCUT2D eigenvalue weighted by molar-refractivity contribution is 6.05. The van der Waals surface area contributed by atoms with Gasteiger partial charge >= 0.3 is 0 Å². The number of amides is 1. The molecular formula is C11H18N2O2. The minimum absolute atomic E-state index is 0.0447. The first-order chi connectivity index (χ1) is 7.29. The van der Waals surface area contributed by atoms with Crippen LogP contribution in [-0.4, -0.2) is 30.5 Å². The van der Waals surface area contributed by atoms with Crippen molar-refractivity contribution in [2.75, 3.05) is 6.61 Å². The van der Waals surface area contributed by atoms with Crippen molar-refractivity contribution in [3.63, 3.8) is 0 Å². The lowest BCUT2D eigenvalue weighted by atomic mass is 10.1. The van der Waals surface area contributed by atoms with E-state index in [2.05, 4.69) is 10.3 Å². The summed E-state index contributed by atoms with van der Waals surface area (Å²) in [6.45, 7) is 2.83. The molecule has 84 valence electrons. The number of carbonyl (C=O) groups excluding carboxylic acids is 1. The van der Waals surface area contributed by atoms with Crippen molar-refractivity contribution in [3.8, 4) is 0 Å². The van der Waals surface area contributed by atoms with Gasteiger partial charge in [0.25, 0.3) is 0 Å². The quantitative estimate of drug-likeness (QED) is 0.762. The highest BCUT2D eigenvalue weighted by Gasteiger charge is 2.26. The van der Waals surface area contributed by atoms with Crippen LogP contribution >= 0.6 is 0 Å². The fourth-order valence-electron chi connectivity index (χ4n) is 2.07. The van der Waals surface area contributed by atoms with Gasteiger partial charge in [-0.2, -0.15) is 0 Å². The second-order valence-corrected chi connectivity index (χ2v) is 4.18. The van der Waals surface area contributed by atoms with Crippen molar-refractivity contribution in [1.29, 1.82) is 0 Å². The Morgan fingerprint density at radius 3 is 3.00 bits per heavy atom. The molecule has 2 atom stereocenters. The van der Waals surface area contributed by atoms with Crippen LogP contribution in [0.5, 0.6) is 0 Å². The Bertz CT molecular complexity index is 270. The van der Waals surface area contributed by atoms with Crippen LogP contribution in [0.3, 0.4) is 0 Å². The maximum Gasteiger partial charge on any atom is 0.250 e. The van der Waals surface area contributed by atoms with E-state index in [1.54, 1.807) is 0 Å². The smallest absolute Gasteiger partial charge is 0.250 e. The third-order valence-electron chi connectivity index (χ3n) is 2.96. The van der Waals surface area contributed by atoms with E-state index in [1.165, 1.54) is 6.42 Å². The summed E-state index contributed by atoms with van der Waals surface area (Å²) >= 11 is 0. The highest BCUT2D eigenvalue weighted by Crippen LogP contribution is 2.17. The number of nitrogens with zero attached hydrogens (tertiary/aromatic N) is 1. The van der Waals surface area contributed by atoms with Gasteiger partial charge in [0.15, 0.2) is 0 Å². The molecule has 1 saturated heterocycles. The van der Waals surface area contributed by atoms with Gasteiger partial charge in [-0.25, -0.2) is 0 Å². The average Bonchev–Trinajstić information content (AvgIpc) is 2.60. The number of nitrogens with one attached hydrogen (secondary N) is 1. The number of ether oxygens (including phenoxy) is 1. The number of hydrogen-bond donors (Lipinski definition) is 1. The van der Waals surface area contributed by atoms with Gasteiger partial charge < -0.3 is 10.1 Å². The van der Waals surface area contributed by atoms with E-state index >= 15 is 0 Å². The molecule has 1 amide bonds. The minimum Gasteiger partial charge on any atom is -0.378 e. The normalized spacial score (nSPS) is 31.3. The molecule has 1 N–H and O–H groups in total. The van der Waals surface area contributed by atoms with E-state index in [0.29, 0.717) is 0 Å². The van der Waals surface area contributed by atoms with E-state index in [9.17, 15) is 4.79 Å². The molecule has 2 heterocycles. The van der Waals surface area contributed by atoms with E-state index in [-0.39, 0.29) is 18.1 Å². The van der Waals surface area contributed by atoms with Crippen LogP contribution in [0.1, 0.15) is 39.0 Å². The van der Waals surface area contributed by atoms with Gasteiger partial charge in [-0.05, 0) is 25.7 Å². The van der Waals surface area contributed by atoms with Gasteiger partial charge in [0, 0.05) is 13.0 Å². The lowest BCUT2D eigenvalue weighted by Gasteiger charge is -2.22. The first-order valence-electron chi connectivity index (χ1n) is 5.78. The molecule has 2 aliphatic heterocycles. The Kier molecular flexibility index (Phi) is 3.36. The molecule has 0 saturated carbocycles. The fourth-order valence-corrected chi connectivity index (χ4v) is 2.07. The Morgan fingerprint density at radius 2 is 2.40 bits per heavy atom. The molecule has 0 aromatic heterocycles. The molecule has 0 aromatic rings. The van der Waals surface area contributed by atoms with Gasteiger partial charge in [0.1, 0.15) is 11.9 Å². The minimum atomic E-state index is -0.163. The summed E-state index contributed by atoms with van der Waals surface area (Å²) in [5.41, 5.74) is 0. The summed E-state index contributed by atoms with van der Waals surface area (Å²) in [5, 5.41) is 2.83. The first kappa shape index (κ1) is 10.6. The number of carbonyl (C=O) groups is 1. The van der Waals surface area contributed by atoms with Crippen molar-refractivity contribution in [3.05, 3.63) is 0 Å². The van der Waals surface area contributed by atoms with Crippen LogP contribution in [0.2, 0.25) is 0 Å². The van der Waals surface area contributed by atoms with Crippen molar-refractivity contribution in [2.24, 2.45) is 4.99 Å². The summed E-state index contributed by atoms with van der Waals surface area (Å²) in [4.78, 5) is 15.7. The maximum atomic E-state index is 11.4. The Hall–Kier alpha value is -0.900. The standard InChI is InChI=1S/C11H18N2O2/c1-2-9-11(14)13-10(12-9)7-8-5-3-4-6-15-8/h8-9H,2-7H2,1H3,(H,12,13,14). The third kappa shape index (κ3) is 2.56. The Morgan fingerprint density at radius 1 is 1.53 bits per heavy atom. The SMILES string of the molecule is CCC1N=C(CC2CCCCO2)NC1=O. The van der Waals surface area contributed by atoms with Gasteiger partial charge in [-0.1, -0.05) is 6.92 Å². The topological polar surface area (TPSA) is 50.7 Å². The predicted molar refractivity (Wildman–Crippen MR) is 57.9 cm³/mol. The monoisotopic (exact) mass is 210 g/mol. The Labute approximate surface area is 90.1 Å².